The molecule has 1 aliphatic rings. The predicted octanol–water partition coefficient (Wildman–Crippen LogP) is 2.01. The summed E-state index contributed by atoms with van der Waals surface area (Å²) in [6.07, 6.45) is 3.05. The highest BCUT2D eigenvalue weighted by Gasteiger charge is 2.15. The molecule has 3 rings (SSSR count). The van der Waals surface area contributed by atoms with E-state index in [0.29, 0.717) is 11.3 Å². The van der Waals surface area contributed by atoms with Crippen molar-refractivity contribution in [3.8, 4) is 5.88 Å². The van der Waals surface area contributed by atoms with E-state index >= 15 is 0 Å². The Kier molecular flexibility index (Phi) is 3.33. The summed E-state index contributed by atoms with van der Waals surface area (Å²) in [7, 11) is 0. The molecule has 6 nitrogen and oxygen atoms in total. The van der Waals surface area contributed by atoms with Crippen molar-refractivity contribution >= 4 is 30.2 Å². The van der Waals surface area contributed by atoms with Gasteiger partial charge in [-0.15, -0.1) is 5.10 Å². The normalized spacial score (nSPS) is 15.4. The second-order valence-corrected chi connectivity index (χ2v) is 4.74. The highest BCUT2D eigenvalue weighted by atomic mass is 32.1. The van der Waals surface area contributed by atoms with Crippen molar-refractivity contribution in [3.05, 3.63) is 62.2 Å². The quantitative estimate of drug-likeness (QED) is 0.740. The van der Waals surface area contributed by atoms with Gasteiger partial charge in [0.2, 0.25) is 5.88 Å². The lowest BCUT2D eigenvalue weighted by molar-refractivity contribution is 0.448. The Labute approximate surface area is 124 Å². The van der Waals surface area contributed by atoms with Gasteiger partial charge in [0.05, 0.1) is 6.21 Å². The van der Waals surface area contributed by atoms with Gasteiger partial charge in [0.25, 0.3) is 5.56 Å². The van der Waals surface area contributed by atoms with Crippen LogP contribution in [0.1, 0.15) is 11.1 Å². The zero-order valence-corrected chi connectivity index (χ0v) is 11.5. The Bertz CT molecular complexity index is 891. The number of H-pyrrole nitrogens is 2. The molecule has 1 aromatic carbocycles. The zero-order valence-electron chi connectivity index (χ0n) is 10.7. The van der Waals surface area contributed by atoms with Gasteiger partial charge in [-0.2, -0.15) is 5.10 Å². The van der Waals surface area contributed by atoms with E-state index in [9.17, 15) is 9.90 Å². The summed E-state index contributed by atoms with van der Waals surface area (Å²) in [5.41, 5.74) is 1.75. The Balaban J connectivity index is 2.09. The third kappa shape index (κ3) is 2.59. The smallest absolute Gasteiger partial charge is 0.262 e. The van der Waals surface area contributed by atoms with Gasteiger partial charge in [0.1, 0.15) is 11.3 Å². The highest BCUT2D eigenvalue weighted by molar-refractivity contribution is 7.71. The number of rotatable bonds is 2. The Hall–Kier alpha value is -2.80. The molecule has 7 heteroatoms. The number of nitrogens with zero attached hydrogens (tertiary/aromatic N) is 2. The summed E-state index contributed by atoms with van der Waals surface area (Å²) in [4.78, 5) is 16.8. The first kappa shape index (κ1) is 13.2. The van der Waals surface area contributed by atoms with Crippen molar-refractivity contribution < 1.29 is 5.11 Å². The lowest BCUT2D eigenvalue weighted by atomic mass is 10.0. The molecule has 0 spiro atoms. The largest absolute Gasteiger partial charge is 0.494 e. The zero-order chi connectivity index (χ0) is 14.8. The van der Waals surface area contributed by atoms with E-state index in [1.54, 1.807) is 0 Å². The van der Waals surface area contributed by atoms with Crippen molar-refractivity contribution in [1.82, 2.24) is 9.97 Å². The van der Waals surface area contributed by atoms with Gasteiger partial charge in [-0.25, -0.2) is 0 Å². The molecular formula is C14H10N4O2S. The van der Waals surface area contributed by atoms with Crippen LogP contribution in [-0.4, -0.2) is 27.0 Å². The number of nitrogens with one attached hydrogen (secondary N) is 2. The fourth-order valence-corrected chi connectivity index (χ4v) is 2.16. The lowest BCUT2D eigenvalue weighted by Crippen LogP contribution is -2.12. The van der Waals surface area contributed by atoms with Crippen LogP contribution in [0.4, 0.5) is 0 Å². The Morgan fingerprint density at radius 1 is 1.19 bits per heavy atom. The Morgan fingerprint density at radius 2 is 1.95 bits per heavy atom. The summed E-state index contributed by atoms with van der Waals surface area (Å²) in [5, 5.41) is 17.7. The summed E-state index contributed by atoms with van der Waals surface area (Å²) in [5.74, 6) is -0.288. The molecule has 21 heavy (non-hydrogen) atoms. The van der Waals surface area contributed by atoms with Gasteiger partial charge in [0.15, 0.2) is 4.77 Å². The minimum absolute atomic E-state index is 0.0664. The number of allylic oxidation sites excluding steroid dienone is 1. The molecular weight excluding hydrogens is 288 g/mol. The molecule has 0 unspecified atom stereocenters. The first-order valence-electron chi connectivity index (χ1n) is 6.09. The van der Waals surface area contributed by atoms with Gasteiger partial charge in [0, 0.05) is 11.1 Å². The average Bonchev–Trinajstić information content (AvgIpc) is 2.92. The summed E-state index contributed by atoms with van der Waals surface area (Å²) >= 11 is 4.79. The molecule has 3 N–H and O–H groups in total. The van der Waals surface area contributed by atoms with Crippen molar-refractivity contribution in [1.29, 1.82) is 0 Å². The first-order chi connectivity index (χ1) is 10.1. The number of benzene rings is 1. The molecule has 1 aliphatic heterocycles. The van der Waals surface area contributed by atoms with Crippen molar-refractivity contribution in [3.63, 3.8) is 0 Å². The second kappa shape index (κ2) is 5.29. The molecule has 0 radical (unpaired) electrons. The maximum absolute atomic E-state index is 11.9. The fraction of sp³-hybridized carbons (Fsp3) is 0. The van der Waals surface area contributed by atoms with Crippen molar-refractivity contribution in [2.45, 2.75) is 0 Å². The highest BCUT2D eigenvalue weighted by Crippen LogP contribution is 2.18. The molecule has 0 saturated heterocycles. The molecule has 0 fully saturated rings. The number of aromatic hydroxyl groups is 1. The van der Waals surface area contributed by atoms with E-state index in [4.69, 9.17) is 12.2 Å². The summed E-state index contributed by atoms with van der Waals surface area (Å²) < 4.78 is 0.0664. The summed E-state index contributed by atoms with van der Waals surface area (Å²) in [6, 6.07) is 9.46. The second-order valence-electron chi connectivity index (χ2n) is 4.33. The van der Waals surface area contributed by atoms with Crippen LogP contribution in [0.3, 0.4) is 0 Å². The van der Waals surface area contributed by atoms with Crippen LogP contribution in [0, 0.1) is 4.77 Å². The van der Waals surface area contributed by atoms with E-state index in [2.05, 4.69) is 20.2 Å². The molecule has 104 valence electrons. The number of aromatic amines is 2. The van der Waals surface area contributed by atoms with Crippen LogP contribution >= 0.6 is 12.2 Å². The maximum atomic E-state index is 11.9. The van der Waals surface area contributed by atoms with Crippen LogP contribution in [0.5, 0.6) is 5.88 Å². The van der Waals surface area contributed by atoms with E-state index in [1.807, 2.05) is 30.3 Å². The number of hydrogen-bond donors (Lipinski definition) is 3. The van der Waals surface area contributed by atoms with Crippen LogP contribution in [0.2, 0.25) is 0 Å². The van der Waals surface area contributed by atoms with Crippen LogP contribution in [0.15, 0.2) is 50.9 Å². The molecule has 0 bridgehead atoms. The molecule has 0 amide bonds. The maximum Gasteiger partial charge on any atom is 0.262 e. The molecule has 2 heterocycles. The van der Waals surface area contributed by atoms with Crippen molar-refractivity contribution in [2.75, 3.05) is 0 Å². The van der Waals surface area contributed by atoms with Gasteiger partial charge in [-0.1, -0.05) is 30.3 Å². The standard InChI is InChI=1S/C14H10N4O2S/c19-12-10(13(20)17-14(21)16-12)6-9-7-15-18-11(9)8-4-2-1-3-5-8/h1-7H,(H3,16,17,19,20,21). The third-order valence-electron chi connectivity index (χ3n) is 2.93. The SMILES string of the molecule is O=c1[nH]c(=S)[nH]c(O)c1C=C1C=NN=C1c1ccccc1. The molecule has 0 saturated carbocycles. The fourth-order valence-electron chi connectivity index (χ4n) is 1.97. The summed E-state index contributed by atoms with van der Waals surface area (Å²) in [6.45, 7) is 0. The van der Waals surface area contributed by atoms with E-state index in [0.717, 1.165) is 5.56 Å². The number of aromatic nitrogens is 2. The lowest BCUT2D eigenvalue weighted by Gasteiger charge is -2.03. The minimum Gasteiger partial charge on any atom is -0.494 e. The molecule has 2 aromatic rings. The van der Waals surface area contributed by atoms with Crippen LogP contribution in [-0.2, 0) is 0 Å². The first-order valence-corrected chi connectivity index (χ1v) is 6.50. The molecule has 0 atom stereocenters. The Morgan fingerprint density at radius 3 is 2.67 bits per heavy atom. The van der Waals surface area contributed by atoms with Crippen LogP contribution in [0.25, 0.3) is 6.08 Å². The third-order valence-corrected chi connectivity index (χ3v) is 3.14. The van der Waals surface area contributed by atoms with E-state index in [-0.39, 0.29) is 16.2 Å². The van der Waals surface area contributed by atoms with Gasteiger partial charge in [-0.05, 0) is 18.3 Å². The van der Waals surface area contributed by atoms with E-state index in [1.165, 1.54) is 12.3 Å². The van der Waals surface area contributed by atoms with E-state index < -0.39 is 5.56 Å². The van der Waals surface area contributed by atoms with Crippen LogP contribution < -0.4 is 5.56 Å². The molecule has 0 aliphatic carbocycles. The minimum atomic E-state index is -0.475. The topological polar surface area (TPSA) is 93.6 Å². The predicted molar refractivity (Wildman–Crippen MR) is 83.4 cm³/mol. The monoisotopic (exact) mass is 298 g/mol. The van der Waals surface area contributed by atoms with Crippen molar-refractivity contribution in [2.24, 2.45) is 10.2 Å². The van der Waals surface area contributed by atoms with Gasteiger partial charge < -0.3 is 10.1 Å². The van der Waals surface area contributed by atoms with Gasteiger partial charge in [-0.3, -0.25) is 9.78 Å². The number of hydrogen-bond acceptors (Lipinski definition) is 5. The molecule has 1 aromatic heterocycles. The average molecular weight is 298 g/mol. The van der Waals surface area contributed by atoms with Gasteiger partial charge >= 0.3 is 0 Å².